The van der Waals surface area contributed by atoms with Gasteiger partial charge in [0.15, 0.2) is 5.43 Å². The summed E-state index contributed by atoms with van der Waals surface area (Å²) in [5, 5.41) is 3.90. The quantitative estimate of drug-likeness (QED) is 0.208. The molecular weight excluding hydrogens is 454 g/mol. The van der Waals surface area contributed by atoms with Crippen molar-refractivity contribution in [2.75, 3.05) is 25.2 Å². The van der Waals surface area contributed by atoms with Crippen LogP contribution < -0.4 is 16.5 Å². The summed E-state index contributed by atoms with van der Waals surface area (Å²) >= 11 is 0. The van der Waals surface area contributed by atoms with Crippen molar-refractivity contribution in [3.8, 4) is 11.3 Å². The number of nitrogens with two attached hydrogens (primary N) is 1. The number of aliphatic imine (C=N–C) groups is 1. The number of ether oxygens (including phenoxy) is 1. The van der Waals surface area contributed by atoms with Gasteiger partial charge in [-0.1, -0.05) is 18.2 Å². The van der Waals surface area contributed by atoms with Crippen LogP contribution in [0, 0.1) is 13.8 Å². The highest BCUT2D eigenvalue weighted by molar-refractivity contribution is 5.96. The van der Waals surface area contributed by atoms with E-state index in [2.05, 4.69) is 10.3 Å². The SMILES string of the molecule is CN=Cc1cc(-c2oc3c([C@H](C)Nc4ccccc4C(=O)OC)cc(C)cc3c(=O)c2C)ccc1N. The van der Waals surface area contributed by atoms with Gasteiger partial charge in [-0.05, 0) is 62.7 Å². The molecule has 0 radical (unpaired) electrons. The van der Waals surface area contributed by atoms with Crippen molar-refractivity contribution in [3.63, 3.8) is 0 Å². The van der Waals surface area contributed by atoms with Crippen molar-refractivity contribution in [1.82, 2.24) is 0 Å². The summed E-state index contributed by atoms with van der Waals surface area (Å²) in [6.07, 6.45) is 1.67. The van der Waals surface area contributed by atoms with Crippen LogP contribution in [0.5, 0.6) is 0 Å². The lowest BCUT2D eigenvalue weighted by molar-refractivity contribution is 0.0602. The first kappa shape index (κ1) is 24.7. The number of hydrogen-bond acceptors (Lipinski definition) is 7. The standard InChI is InChI=1S/C29H29N3O4/c1-16-12-22(18(3)32-25-9-7-6-8-21(25)29(34)35-5)28-23(13-16)26(33)17(2)27(36-28)19-10-11-24(30)20(14-19)15-31-4/h6-15,18,32H,30H2,1-5H3/t18-/m0/s1. The number of hydrogen-bond donors (Lipinski definition) is 2. The number of anilines is 2. The van der Waals surface area contributed by atoms with Crippen LogP contribution in [-0.2, 0) is 4.74 Å². The van der Waals surface area contributed by atoms with E-state index in [0.717, 1.165) is 22.3 Å². The predicted molar refractivity (Wildman–Crippen MR) is 145 cm³/mol. The maximum absolute atomic E-state index is 13.5. The molecule has 1 heterocycles. The lowest BCUT2D eigenvalue weighted by Gasteiger charge is -2.20. The van der Waals surface area contributed by atoms with Gasteiger partial charge in [0.25, 0.3) is 0 Å². The normalized spacial score (nSPS) is 12.1. The highest BCUT2D eigenvalue weighted by atomic mass is 16.5. The van der Waals surface area contributed by atoms with E-state index in [1.54, 1.807) is 38.4 Å². The first-order valence-corrected chi connectivity index (χ1v) is 11.6. The van der Waals surface area contributed by atoms with Crippen LogP contribution in [0.1, 0.15) is 45.6 Å². The minimum atomic E-state index is -0.432. The van der Waals surface area contributed by atoms with Gasteiger partial charge in [-0.15, -0.1) is 0 Å². The number of methoxy groups -OCH3 is 1. The average Bonchev–Trinajstić information content (AvgIpc) is 2.87. The van der Waals surface area contributed by atoms with Crippen molar-refractivity contribution >= 4 is 34.5 Å². The fraction of sp³-hybridized carbons (Fsp3) is 0.207. The molecule has 0 saturated carbocycles. The van der Waals surface area contributed by atoms with E-state index >= 15 is 0 Å². The van der Waals surface area contributed by atoms with Gasteiger partial charge in [-0.25, -0.2) is 4.79 Å². The molecule has 3 aromatic carbocycles. The molecule has 0 saturated heterocycles. The fourth-order valence-electron chi connectivity index (χ4n) is 4.34. The van der Waals surface area contributed by atoms with Crippen molar-refractivity contribution < 1.29 is 13.9 Å². The molecule has 184 valence electrons. The highest BCUT2D eigenvalue weighted by Gasteiger charge is 2.21. The molecule has 0 aliphatic carbocycles. The molecule has 1 atom stereocenters. The number of nitrogens with zero attached hydrogens (tertiary/aromatic N) is 1. The molecule has 0 bridgehead atoms. The second kappa shape index (κ2) is 10.1. The average molecular weight is 484 g/mol. The van der Waals surface area contributed by atoms with Gasteiger partial charge in [0.05, 0.1) is 24.1 Å². The molecule has 0 spiro atoms. The Labute approximate surface area is 209 Å². The van der Waals surface area contributed by atoms with E-state index in [1.807, 2.05) is 50.2 Å². The molecule has 7 nitrogen and oxygen atoms in total. The van der Waals surface area contributed by atoms with Gasteiger partial charge in [-0.2, -0.15) is 0 Å². The van der Waals surface area contributed by atoms with Crippen LogP contribution in [0.15, 0.2) is 68.8 Å². The van der Waals surface area contributed by atoms with Crippen molar-refractivity contribution in [2.24, 2.45) is 4.99 Å². The van der Waals surface area contributed by atoms with E-state index in [1.165, 1.54) is 7.11 Å². The number of aryl methyl sites for hydroxylation is 1. The first-order chi connectivity index (χ1) is 17.2. The van der Waals surface area contributed by atoms with E-state index in [9.17, 15) is 9.59 Å². The topological polar surface area (TPSA) is 107 Å². The zero-order chi connectivity index (χ0) is 26.0. The summed E-state index contributed by atoms with van der Waals surface area (Å²) in [5.41, 5.74) is 11.8. The Kier molecular flexibility index (Phi) is 6.92. The Morgan fingerprint density at radius 3 is 2.61 bits per heavy atom. The van der Waals surface area contributed by atoms with Crippen LogP contribution in [0.4, 0.5) is 11.4 Å². The minimum absolute atomic E-state index is 0.0964. The van der Waals surface area contributed by atoms with E-state index < -0.39 is 5.97 Å². The number of carbonyl (C=O) groups excluding carboxylic acids is 1. The van der Waals surface area contributed by atoms with Gasteiger partial charge in [0.2, 0.25) is 0 Å². The number of nitrogen functional groups attached to an aromatic ring is 1. The number of para-hydroxylation sites is 1. The second-order valence-corrected chi connectivity index (χ2v) is 8.75. The number of esters is 1. The summed E-state index contributed by atoms with van der Waals surface area (Å²) in [6.45, 7) is 5.67. The molecule has 0 aliphatic heterocycles. The molecule has 0 unspecified atom stereocenters. The lowest BCUT2D eigenvalue weighted by Crippen LogP contribution is -2.14. The number of benzene rings is 3. The number of rotatable bonds is 6. The van der Waals surface area contributed by atoms with Crippen LogP contribution in [0.2, 0.25) is 0 Å². The van der Waals surface area contributed by atoms with E-state index in [0.29, 0.717) is 39.2 Å². The zero-order valence-corrected chi connectivity index (χ0v) is 21.0. The molecule has 0 fully saturated rings. The summed E-state index contributed by atoms with van der Waals surface area (Å²) in [4.78, 5) is 29.8. The van der Waals surface area contributed by atoms with Crippen LogP contribution in [0.25, 0.3) is 22.3 Å². The van der Waals surface area contributed by atoms with Crippen molar-refractivity contribution in [1.29, 1.82) is 0 Å². The molecule has 7 heteroatoms. The minimum Gasteiger partial charge on any atom is -0.465 e. The third-order valence-corrected chi connectivity index (χ3v) is 6.18. The van der Waals surface area contributed by atoms with Gasteiger partial charge in [-0.3, -0.25) is 9.79 Å². The van der Waals surface area contributed by atoms with Gasteiger partial charge < -0.3 is 20.2 Å². The van der Waals surface area contributed by atoms with Crippen LogP contribution >= 0.6 is 0 Å². The Hall–Kier alpha value is -4.39. The first-order valence-electron chi connectivity index (χ1n) is 11.6. The molecule has 0 amide bonds. The van der Waals surface area contributed by atoms with Gasteiger partial charge >= 0.3 is 5.97 Å². The molecule has 1 aromatic heterocycles. The molecular formula is C29H29N3O4. The Morgan fingerprint density at radius 1 is 1.14 bits per heavy atom. The maximum atomic E-state index is 13.5. The van der Waals surface area contributed by atoms with Gasteiger partial charge in [0.1, 0.15) is 11.3 Å². The number of nitrogens with one attached hydrogen (secondary N) is 1. The predicted octanol–water partition coefficient (Wildman–Crippen LogP) is 5.67. The third kappa shape index (κ3) is 4.60. The van der Waals surface area contributed by atoms with Crippen LogP contribution in [-0.4, -0.2) is 26.3 Å². The monoisotopic (exact) mass is 483 g/mol. The third-order valence-electron chi connectivity index (χ3n) is 6.18. The summed E-state index contributed by atoms with van der Waals surface area (Å²) < 4.78 is 11.4. The number of fused-ring (bicyclic) bond motifs is 1. The molecule has 36 heavy (non-hydrogen) atoms. The summed E-state index contributed by atoms with van der Waals surface area (Å²) in [7, 11) is 3.03. The largest absolute Gasteiger partial charge is 0.465 e. The lowest BCUT2D eigenvalue weighted by atomic mass is 9.98. The molecule has 3 N–H and O–H groups in total. The molecule has 0 aliphatic rings. The Bertz CT molecular complexity index is 1550. The molecule has 4 aromatic rings. The Balaban J connectivity index is 1.89. The van der Waals surface area contributed by atoms with Crippen molar-refractivity contribution in [2.45, 2.75) is 26.8 Å². The second-order valence-electron chi connectivity index (χ2n) is 8.75. The zero-order valence-electron chi connectivity index (χ0n) is 21.0. The summed E-state index contributed by atoms with van der Waals surface area (Å²) in [5.74, 6) is 0.0455. The molecule has 4 rings (SSSR count). The van der Waals surface area contributed by atoms with Crippen molar-refractivity contribution in [3.05, 3.63) is 92.6 Å². The van der Waals surface area contributed by atoms with Gasteiger partial charge in [0, 0.05) is 46.9 Å². The smallest absolute Gasteiger partial charge is 0.339 e. The van der Waals surface area contributed by atoms with E-state index in [4.69, 9.17) is 14.9 Å². The number of carbonyl (C=O) groups is 1. The Morgan fingerprint density at radius 2 is 1.89 bits per heavy atom. The maximum Gasteiger partial charge on any atom is 0.339 e. The van der Waals surface area contributed by atoms with Crippen LogP contribution in [0.3, 0.4) is 0 Å². The fourth-order valence-corrected chi connectivity index (χ4v) is 4.34. The summed E-state index contributed by atoms with van der Waals surface area (Å²) in [6, 6.07) is 16.2. The highest BCUT2D eigenvalue weighted by Crippen LogP contribution is 2.33. The van der Waals surface area contributed by atoms with E-state index in [-0.39, 0.29) is 11.5 Å².